The zero-order chi connectivity index (χ0) is 17.1. The van der Waals surface area contributed by atoms with Gasteiger partial charge in [0.1, 0.15) is 0 Å². The standard InChI is InChI=1S/C15H32O7/c1-2-3-4-5-13(21)15(9-19,10-20)12-22-11-14(6-16,7-17)8-18/h13,16-21H,2-12H2,1H3. The Hall–Kier alpha value is -0.280. The highest BCUT2D eigenvalue weighted by Gasteiger charge is 2.38. The molecule has 0 heterocycles. The molecule has 6 N–H and O–H groups in total. The van der Waals surface area contributed by atoms with E-state index in [1.54, 1.807) is 0 Å². The summed E-state index contributed by atoms with van der Waals surface area (Å²) < 4.78 is 5.39. The predicted molar refractivity (Wildman–Crippen MR) is 81.3 cm³/mol. The maximum atomic E-state index is 10.2. The third-order valence-corrected chi connectivity index (χ3v) is 4.22. The van der Waals surface area contributed by atoms with E-state index in [0.717, 1.165) is 19.3 Å². The predicted octanol–water partition coefficient (Wildman–Crippen LogP) is -1.12. The molecule has 1 atom stereocenters. The molecule has 0 saturated carbocycles. The van der Waals surface area contributed by atoms with Crippen molar-refractivity contribution in [1.29, 1.82) is 0 Å². The zero-order valence-electron chi connectivity index (χ0n) is 13.4. The summed E-state index contributed by atoms with van der Waals surface area (Å²) in [6.07, 6.45) is 2.27. The van der Waals surface area contributed by atoms with Crippen molar-refractivity contribution in [3.05, 3.63) is 0 Å². The molecule has 134 valence electrons. The Labute approximate surface area is 132 Å². The third kappa shape index (κ3) is 6.08. The number of rotatable bonds is 14. The van der Waals surface area contributed by atoms with Gasteiger partial charge in [0.15, 0.2) is 0 Å². The third-order valence-electron chi connectivity index (χ3n) is 4.22. The Morgan fingerprint density at radius 3 is 1.77 bits per heavy atom. The average Bonchev–Trinajstić information content (AvgIpc) is 2.56. The van der Waals surface area contributed by atoms with Crippen LogP contribution in [-0.2, 0) is 4.74 Å². The van der Waals surface area contributed by atoms with Crippen LogP contribution in [0.4, 0.5) is 0 Å². The molecular weight excluding hydrogens is 292 g/mol. The lowest BCUT2D eigenvalue weighted by molar-refractivity contribution is -0.128. The van der Waals surface area contributed by atoms with E-state index >= 15 is 0 Å². The van der Waals surface area contributed by atoms with Gasteiger partial charge in [-0.1, -0.05) is 26.2 Å². The topological polar surface area (TPSA) is 131 Å². The first-order valence-corrected chi connectivity index (χ1v) is 7.80. The number of unbranched alkanes of at least 4 members (excludes halogenated alkanes) is 2. The van der Waals surface area contributed by atoms with E-state index in [1.165, 1.54) is 0 Å². The molecule has 0 aliphatic heterocycles. The summed E-state index contributed by atoms with van der Waals surface area (Å²) in [6.45, 7) is -0.477. The molecule has 0 spiro atoms. The summed E-state index contributed by atoms with van der Waals surface area (Å²) in [5.74, 6) is 0. The SMILES string of the molecule is CCCCCC(O)C(CO)(CO)COCC(CO)(CO)CO. The van der Waals surface area contributed by atoms with Crippen molar-refractivity contribution >= 4 is 0 Å². The summed E-state index contributed by atoms with van der Waals surface area (Å²) in [5, 5.41) is 57.0. The van der Waals surface area contributed by atoms with Gasteiger partial charge in [-0.15, -0.1) is 0 Å². The summed E-state index contributed by atoms with van der Waals surface area (Å²) >= 11 is 0. The Kier molecular flexibility index (Phi) is 11.1. The molecule has 0 amide bonds. The minimum atomic E-state index is -1.19. The molecule has 0 fully saturated rings. The van der Waals surface area contributed by atoms with E-state index in [9.17, 15) is 30.6 Å². The maximum Gasteiger partial charge on any atom is 0.0662 e. The highest BCUT2D eigenvalue weighted by atomic mass is 16.5. The molecule has 0 rings (SSSR count). The molecule has 22 heavy (non-hydrogen) atoms. The highest BCUT2D eigenvalue weighted by Crippen LogP contribution is 2.27. The highest BCUT2D eigenvalue weighted by molar-refractivity contribution is 4.86. The molecule has 0 radical (unpaired) electrons. The van der Waals surface area contributed by atoms with Crippen LogP contribution in [0.3, 0.4) is 0 Å². The summed E-state index contributed by atoms with van der Waals surface area (Å²) in [7, 11) is 0. The molecule has 0 aromatic heterocycles. The van der Waals surface area contributed by atoms with E-state index in [2.05, 4.69) is 0 Å². The maximum absolute atomic E-state index is 10.2. The number of hydrogen-bond donors (Lipinski definition) is 6. The van der Waals surface area contributed by atoms with Crippen molar-refractivity contribution in [3.63, 3.8) is 0 Å². The summed E-state index contributed by atoms with van der Waals surface area (Å²) in [4.78, 5) is 0. The second kappa shape index (κ2) is 11.3. The van der Waals surface area contributed by atoms with Crippen molar-refractivity contribution in [2.24, 2.45) is 10.8 Å². The van der Waals surface area contributed by atoms with Crippen LogP contribution in [0.5, 0.6) is 0 Å². The second-order valence-corrected chi connectivity index (χ2v) is 6.16. The fourth-order valence-electron chi connectivity index (χ4n) is 2.10. The zero-order valence-corrected chi connectivity index (χ0v) is 13.4. The normalized spacial score (nSPS) is 14.3. The molecule has 0 aromatic carbocycles. The largest absolute Gasteiger partial charge is 0.396 e. The van der Waals surface area contributed by atoms with Crippen LogP contribution < -0.4 is 0 Å². The Morgan fingerprint density at radius 1 is 0.818 bits per heavy atom. The lowest BCUT2D eigenvalue weighted by Crippen LogP contribution is -2.47. The van der Waals surface area contributed by atoms with Crippen LogP contribution in [0.2, 0.25) is 0 Å². The lowest BCUT2D eigenvalue weighted by atomic mass is 9.81. The van der Waals surface area contributed by atoms with E-state index in [0.29, 0.717) is 6.42 Å². The fraction of sp³-hybridized carbons (Fsp3) is 1.00. The number of aliphatic hydroxyl groups excluding tert-OH is 6. The van der Waals surface area contributed by atoms with Gasteiger partial charge in [-0.25, -0.2) is 0 Å². The van der Waals surface area contributed by atoms with Crippen molar-refractivity contribution in [3.8, 4) is 0 Å². The van der Waals surface area contributed by atoms with Crippen LogP contribution in [0.15, 0.2) is 0 Å². The van der Waals surface area contributed by atoms with Crippen molar-refractivity contribution in [1.82, 2.24) is 0 Å². The van der Waals surface area contributed by atoms with Gasteiger partial charge in [0.25, 0.3) is 0 Å². The fourth-order valence-corrected chi connectivity index (χ4v) is 2.10. The van der Waals surface area contributed by atoms with Crippen molar-refractivity contribution in [2.75, 3.05) is 46.2 Å². The van der Waals surface area contributed by atoms with Crippen molar-refractivity contribution < 1.29 is 35.4 Å². The molecule has 7 nitrogen and oxygen atoms in total. The van der Waals surface area contributed by atoms with E-state index < -0.39 is 50.0 Å². The van der Waals surface area contributed by atoms with Crippen molar-refractivity contribution in [2.45, 2.75) is 38.7 Å². The molecule has 0 bridgehead atoms. The molecule has 0 aliphatic rings. The molecule has 0 aliphatic carbocycles. The van der Waals surface area contributed by atoms with Crippen LogP contribution >= 0.6 is 0 Å². The van der Waals surface area contributed by atoms with Crippen LogP contribution in [-0.4, -0.2) is 83.0 Å². The van der Waals surface area contributed by atoms with Crippen LogP contribution in [0, 0.1) is 10.8 Å². The van der Waals surface area contributed by atoms with Gasteiger partial charge < -0.3 is 35.4 Å². The van der Waals surface area contributed by atoms with E-state index in [1.807, 2.05) is 6.92 Å². The summed E-state index contributed by atoms with van der Waals surface area (Å²) in [6, 6.07) is 0. The van der Waals surface area contributed by atoms with E-state index in [4.69, 9.17) is 4.74 Å². The smallest absolute Gasteiger partial charge is 0.0662 e. The van der Waals surface area contributed by atoms with Gasteiger partial charge in [-0.3, -0.25) is 0 Å². The van der Waals surface area contributed by atoms with Gasteiger partial charge in [0.05, 0.1) is 63.2 Å². The minimum absolute atomic E-state index is 0.130. The van der Waals surface area contributed by atoms with Gasteiger partial charge in [0, 0.05) is 0 Å². The second-order valence-electron chi connectivity index (χ2n) is 6.16. The number of hydrogen-bond acceptors (Lipinski definition) is 7. The minimum Gasteiger partial charge on any atom is -0.396 e. The Bertz CT molecular complexity index is 256. The average molecular weight is 324 g/mol. The number of aliphatic hydroxyl groups is 6. The van der Waals surface area contributed by atoms with Crippen LogP contribution in [0.1, 0.15) is 32.6 Å². The molecule has 1 unspecified atom stereocenters. The monoisotopic (exact) mass is 324 g/mol. The first kappa shape index (κ1) is 21.7. The molecule has 0 saturated heterocycles. The first-order chi connectivity index (χ1) is 10.5. The van der Waals surface area contributed by atoms with E-state index in [-0.39, 0.29) is 13.2 Å². The molecular formula is C15H32O7. The quantitative estimate of drug-likeness (QED) is 0.223. The molecule has 0 aromatic rings. The first-order valence-electron chi connectivity index (χ1n) is 7.80. The number of ether oxygens (including phenoxy) is 1. The summed E-state index contributed by atoms with van der Waals surface area (Å²) in [5.41, 5.74) is -2.37. The van der Waals surface area contributed by atoms with Gasteiger partial charge >= 0.3 is 0 Å². The van der Waals surface area contributed by atoms with Gasteiger partial charge in [-0.2, -0.15) is 0 Å². The lowest BCUT2D eigenvalue weighted by Gasteiger charge is -2.36. The van der Waals surface area contributed by atoms with Gasteiger partial charge in [0.2, 0.25) is 0 Å². The molecule has 7 heteroatoms. The van der Waals surface area contributed by atoms with Crippen LogP contribution in [0.25, 0.3) is 0 Å². The Morgan fingerprint density at radius 2 is 1.36 bits per heavy atom. The Balaban J connectivity index is 4.61. The van der Waals surface area contributed by atoms with Gasteiger partial charge in [-0.05, 0) is 6.42 Å².